The molecule has 1 aliphatic carbocycles. The lowest BCUT2D eigenvalue weighted by Crippen LogP contribution is -2.12. The summed E-state index contributed by atoms with van der Waals surface area (Å²) in [6, 6.07) is 0. The number of allylic oxidation sites excluding steroid dienone is 1. The first-order valence-electron chi connectivity index (χ1n) is 7.38. The second-order valence-corrected chi connectivity index (χ2v) is 8.85. The molecule has 2 rings (SSSR count). The van der Waals surface area contributed by atoms with E-state index in [4.69, 9.17) is 74.3 Å². The number of esters is 1. The van der Waals surface area contributed by atoms with Crippen molar-refractivity contribution in [1.82, 2.24) is 0 Å². The zero-order valence-corrected chi connectivity index (χ0v) is 18.3. The van der Waals surface area contributed by atoms with E-state index in [0.717, 1.165) is 0 Å². The number of carbonyl (C=O) groups excluding carboxylic acids is 1. The molecule has 0 saturated heterocycles. The van der Waals surface area contributed by atoms with Gasteiger partial charge in [0.2, 0.25) is 0 Å². The van der Waals surface area contributed by atoms with Gasteiger partial charge in [0.05, 0.1) is 21.0 Å². The van der Waals surface area contributed by atoms with Crippen LogP contribution in [0.3, 0.4) is 0 Å². The van der Waals surface area contributed by atoms with Crippen LogP contribution in [-0.4, -0.2) is 12.6 Å². The maximum Gasteiger partial charge on any atom is 0.387 e. The molecule has 0 radical (unpaired) electrons. The van der Waals surface area contributed by atoms with Crippen LogP contribution in [0, 0.1) is 17.3 Å². The molecular weight excluding hydrogens is 491 g/mol. The molecule has 150 valence electrons. The van der Waals surface area contributed by atoms with Gasteiger partial charge in [-0.2, -0.15) is 8.78 Å². The van der Waals surface area contributed by atoms with E-state index in [-0.39, 0.29) is 36.1 Å². The van der Waals surface area contributed by atoms with Gasteiger partial charge in [0.15, 0.2) is 5.75 Å². The van der Waals surface area contributed by atoms with Crippen LogP contribution in [0.15, 0.2) is 10.6 Å². The molecule has 27 heavy (non-hydrogen) atoms. The summed E-state index contributed by atoms with van der Waals surface area (Å²) < 4.78 is 34.7. The van der Waals surface area contributed by atoms with Gasteiger partial charge in [0.1, 0.15) is 16.1 Å². The van der Waals surface area contributed by atoms with Crippen LogP contribution in [0.4, 0.5) is 8.78 Å². The average molecular weight is 503 g/mol. The Balaban J connectivity index is 2.22. The Kier molecular flexibility index (Phi) is 7.43. The van der Waals surface area contributed by atoms with Gasteiger partial charge in [-0.05, 0) is 17.4 Å². The highest BCUT2D eigenvalue weighted by Crippen LogP contribution is 2.60. The summed E-state index contributed by atoms with van der Waals surface area (Å²) in [7, 11) is 0. The Bertz CT molecular complexity index is 793. The van der Waals surface area contributed by atoms with Crippen molar-refractivity contribution in [1.29, 1.82) is 0 Å². The van der Waals surface area contributed by atoms with Crippen molar-refractivity contribution in [3.05, 3.63) is 36.2 Å². The van der Waals surface area contributed by atoms with E-state index in [1.165, 1.54) is 0 Å². The fourth-order valence-electron chi connectivity index (χ4n) is 2.79. The molecule has 0 aromatic heterocycles. The Morgan fingerprint density at radius 1 is 1.11 bits per heavy atom. The van der Waals surface area contributed by atoms with E-state index in [0.29, 0.717) is 0 Å². The normalized spacial score (nSPS) is 20.4. The molecule has 1 aromatic rings. The van der Waals surface area contributed by atoms with Gasteiger partial charge in [0.25, 0.3) is 0 Å². The predicted octanol–water partition coefficient (Wildman–Crippen LogP) is 7.54. The third-order valence-corrected chi connectivity index (χ3v) is 6.35. The highest BCUT2D eigenvalue weighted by molar-refractivity contribution is 6.56. The summed E-state index contributed by atoms with van der Waals surface area (Å²) in [5, 5.41) is -1.06. The van der Waals surface area contributed by atoms with E-state index >= 15 is 0 Å². The highest BCUT2D eigenvalue weighted by Gasteiger charge is 2.61. The lowest BCUT2D eigenvalue weighted by molar-refractivity contribution is -0.147. The number of halogens is 8. The van der Waals surface area contributed by atoms with Crippen LogP contribution in [-0.2, 0) is 16.1 Å². The van der Waals surface area contributed by atoms with Crippen molar-refractivity contribution in [2.45, 2.75) is 27.1 Å². The summed E-state index contributed by atoms with van der Waals surface area (Å²) in [6.07, 6.45) is 1.56. The van der Waals surface area contributed by atoms with E-state index in [2.05, 4.69) is 4.74 Å². The molecule has 0 N–H and O–H groups in total. The largest absolute Gasteiger partial charge is 0.460 e. The number of hydrogen-bond donors (Lipinski definition) is 0. The van der Waals surface area contributed by atoms with E-state index in [9.17, 15) is 13.6 Å². The summed E-state index contributed by atoms with van der Waals surface area (Å²) in [5.74, 6) is -1.78. The van der Waals surface area contributed by atoms with Crippen LogP contribution < -0.4 is 4.74 Å². The maximum absolute atomic E-state index is 12.6. The first-order chi connectivity index (χ1) is 12.4. The van der Waals surface area contributed by atoms with Crippen LogP contribution >= 0.6 is 69.6 Å². The number of benzene rings is 1. The van der Waals surface area contributed by atoms with Crippen molar-refractivity contribution in [2.75, 3.05) is 0 Å². The molecule has 1 fully saturated rings. The van der Waals surface area contributed by atoms with E-state index in [1.54, 1.807) is 6.08 Å². The molecule has 1 saturated carbocycles. The third-order valence-electron chi connectivity index (χ3n) is 4.35. The van der Waals surface area contributed by atoms with Gasteiger partial charge in [0, 0.05) is 5.56 Å². The number of alkyl halides is 2. The number of carbonyl (C=O) groups is 1. The van der Waals surface area contributed by atoms with Crippen molar-refractivity contribution in [2.24, 2.45) is 17.3 Å². The monoisotopic (exact) mass is 500 g/mol. The second kappa shape index (κ2) is 8.68. The second-order valence-electron chi connectivity index (χ2n) is 6.33. The average Bonchev–Trinajstić information content (AvgIpc) is 3.08. The van der Waals surface area contributed by atoms with Crippen molar-refractivity contribution in [3.63, 3.8) is 0 Å². The molecule has 3 nitrogen and oxygen atoms in total. The zero-order chi connectivity index (χ0) is 20.7. The molecule has 0 spiro atoms. The minimum Gasteiger partial charge on any atom is -0.460 e. The van der Waals surface area contributed by atoms with Crippen molar-refractivity contribution >= 4 is 75.6 Å². The SMILES string of the molecule is CC1(C)C(C=C(Cl)Cl)C1C(=O)OCc1c(Cl)c(Cl)c(Cl)c(OC(F)F)c1Cl. The fourth-order valence-corrected chi connectivity index (χ4v) is 4.17. The van der Waals surface area contributed by atoms with E-state index in [1.807, 2.05) is 13.8 Å². The summed E-state index contributed by atoms with van der Waals surface area (Å²) >= 11 is 35.2. The Labute approximate surface area is 184 Å². The molecule has 0 bridgehead atoms. The van der Waals surface area contributed by atoms with Crippen LogP contribution in [0.1, 0.15) is 19.4 Å². The molecule has 2 atom stereocenters. The molecule has 1 aromatic carbocycles. The first-order valence-corrected chi connectivity index (χ1v) is 9.65. The first kappa shape index (κ1) is 23.1. The minimum absolute atomic E-state index is 0.00217. The molecule has 0 aliphatic heterocycles. The summed E-state index contributed by atoms with van der Waals surface area (Å²) in [5.41, 5.74) is -0.404. The molecule has 2 unspecified atom stereocenters. The van der Waals surface area contributed by atoms with Crippen LogP contribution in [0.5, 0.6) is 5.75 Å². The lowest BCUT2D eigenvalue weighted by Gasteiger charge is -2.16. The summed E-state index contributed by atoms with van der Waals surface area (Å²) in [4.78, 5) is 12.4. The van der Waals surface area contributed by atoms with Gasteiger partial charge < -0.3 is 9.47 Å². The van der Waals surface area contributed by atoms with Gasteiger partial charge in [-0.25, -0.2) is 0 Å². The number of hydrogen-bond acceptors (Lipinski definition) is 3. The number of rotatable bonds is 6. The Morgan fingerprint density at radius 3 is 2.22 bits per heavy atom. The maximum atomic E-state index is 12.6. The van der Waals surface area contributed by atoms with Gasteiger partial charge in [-0.1, -0.05) is 83.5 Å². The van der Waals surface area contributed by atoms with Crippen LogP contribution in [0.25, 0.3) is 0 Å². The molecular formula is C16H12Cl6F2O3. The Hall–Kier alpha value is -0.170. The predicted molar refractivity (Wildman–Crippen MR) is 103 cm³/mol. The van der Waals surface area contributed by atoms with E-state index < -0.39 is 36.3 Å². The fraction of sp³-hybridized carbons (Fsp3) is 0.438. The standard InChI is InChI=1S/C16H12Cl6F2O3/c1-16(2)6(3-7(17)18)8(16)14(25)26-4-5-9(19)11(21)12(22)13(10(5)20)27-15(23)24/h3,6,8,15H,4H2,1-2H3. The molecule has 0 heterocycles. The highest BCUT2D eigenvalue weighted by atomic mass is 35.5. The molecule has 1 aliphatic rings. The molecule has 11 heteroatoms. The van der Waals surface area contributed by atoms with Gasteiger partial charge in [-0.3, -0.25) is 4.79 Å². The van der Waals surface area contributed by atoms with Crippen molar-refractivity contribution < 1.29 is 23.0 Å². The zero-order valence-electron chi connectivity index (χ0n) is 13.8. The molecule has 0 amide bonds. The van der Waals surface area contributed by atoms with Gasteiger partial charge in [-0.15, -0.1) is 0 Å². The van der Waals surface area contributed by atoms with Crippen LogP contribution in [0.2, 0.25) is 20.1 Å². The smallest absolute Gasteiger partial charge is 0.387 e. The minimum atomic E-state index is -3.19. The van der Waals surface area contributed by atoms with Crippen molar-refractivity contribution in [3.8, 4) is 5.75 Å². The Morgan fingerprint density at radius 2 is 1.70 bits per heavy atom. The topological polar surface area (TPSA) is 35.5 Å². The van der Waals surface area contributed by atoms with Gasteiger partial charge >= 0.3 is 12.6 Å². The lowest BCUT2D eigenvalue weighted by atomic mass is 10.1. The quantitative estimate of drug-likeness (QED) is 0.229. The third kappa shape index (κ3) is 4.88. The summed E-state index contributed by atoms with van der Waals surface area (Å²) in [6.45, 7) is 0.104. The number of ether oxygens (including phenoxy) is 2.